The molecule has 16 heavy (non-hydrogen) atoms. The minimum absolute atomic E-state index is 0.0293. The summed E-state index contributed by atoms with van der Waals surface area (Å²) in [6, 6.07) is 0. The standard InChI is InChI=1S/C8H14N4O3S/c1-4-12-7(9)6(8(13)11(2)3)5-10-16(12,14)15/h5,9-10H,4H2,1-3H3. The summed E-state index contributed by atoms with van der Waals surface area (Å²) in [6.07, 6.45) is 1.05. The zero-order chi connectivity index (χ0) is 12.5. The van der Waals surface area contributed by atoms with Crippen LogP contribution in [0.2, 0.25) is 0 Å². The van der Waals surface area contributed by atoms with Crippen LogP contribution in [0.3, 0.4) is 0 Å². The predicted octanol–water partition coefficient (Wildman–Crippen LogP) is -0.894. The Bertz CT molecular complexity index is 452. The van der Waals surface area contributed by atoms with Crippen molar-refractivity contribution >= 4 is 22.0 Å². The Balaban J connectivity index is 3.14. The van der Waals surface area contributed by atoms with Gasteiger partial charge in [0.25, 0.3) is 5.91 Å². The first kappa shape index (κ1) is 12.5. The molecule has 8 heteroatoms. The molecule has 90 valence electrons. The van der Waals surface area contributed by atoms with Gasteiger partial charge >= 0.3 is 10.2 Å². The highest BCUT2D eigenvalue weighted by Gasteiger charge is 2.32. The molecule has 0 saturated carbocycles. The number of likely N-dealkylation sites (N-methyl/N-ethyl adjacent to an activating group) is 2. The summed E-state index contributed by atoms with van der Waals surface area (Å²) in [7, 11) is -0.628. The topological polar surface area (TPSA) is 93.6 Å². The molecule has 0 aromatic carbocycles. The second-order valence-electron chi connectivity index (χ2n) is 3.39. The van der Waals surface area contributed by atoms with Gasteiger partial charge in [-0.05, 0) is 6.92 Å². The number of hydrogen-bond acceptors (Lipinski definition) is 4. The van der Waals surface area contributed by atoms with Crippen LogP contribution in [-0.4, -0.2) is 50.0 Å². The second-order valence-corrected chi connectivity index (χ2v) is 5.02. The molecule has 1 heterocycles. The van der Waals surface area contributed by atoms with Gasteiger partial charge in [-0.15, -0.1) is 0 Å². The molecule has 0 fully saturated rings. The van der Waals surface area contributed by atoms with Crippen LogP contribution in [0.4, 0.5) is 0 Å². The second kappa shape index (κ2) is 4.12. The fraction of sp³-hybridized carbons (Fsp3) is 0.500. The molecule has 0 radical (unpaired) electrons. The van der Waals surface area contributed by atoms with Gasteiger partial charge in [-0.25, -0.2) is 4.31 Å². The lowest BCUT2D eigenvalue weighted by Gasteiger charge is -2.28. The number of nitrogens with one attached hydrogen (secondary N) is 2. The lowest BCUT2D eigenvalue weighted by atomic mass is 10.2. The average Bonchev–Trinajstić information content (AvgIpc) is 2.16. The van der Waals surface area contributed by atoms with Crippen molar-refractivity contribution in [3.05, 3.63) is 11.8 Å². The first-order valence-corrected chi connectivity index (χ1v) is 6.06. The van der Waals surface area contributed by atoms with Crippen LogP contribution in [-0.2, 0) is 15.0 Å². The number of carbonyl (C=O) groups is 1. The number of rotatable bonds is 2. The maximum Gasteiger partial charge on any atom is 0.324 e. The maximum atomic E-state index is 11.6. The number of carbonyl (C=O) groups excluding carboxylic acids is 1. The molecule has 1 aliphatic rings. The van der Waals surface area contributed by atoms with Crippen molar-refractivity contribution in [2.75, 3.05) is 20.6 Å². The van der Waals surface area contributed by atoms with E-state index in [1.54, 1.807) is 6.92 Å². The van der Waals surface area contributed by atoms with Crippen molar-refractivity contribution in [1.82, 2.24) is 13.9 Å². The smallest absolute Gasteiger partial charge is 0.324 e. The van der Waals surface area contributed by atoms with Crippen molar-refractivity contribution in [1.29, 1.82) is 5.41 Å². The van der Waals surface area contributed by atoms with Gasteiger partial charge in [0.2, 0.25) is 0 Å². The van der Waals surface area contributed by atoms with Crippen LogP contribution in [0.15, 0.2) is 11.8 Å². The number of amides is 1. The summed E-state index contributed by atoms with van der Waals surface area (Å²) in [5.74, 6) is -0.717. The van der Waals surface area contributed by atoms with Crippen LogP contribution in [0, 0.1) is 5.41 Å². The average molecular weight is 246 g/mol. The minimum atomic E-state index is -3.70. The van der Waals surface area contributed by atoms with Gasteiger partial charge in [0.15, 0.2) is 0 Å². The minimum Gasteiger partial charge on any atom is -0.345 e. The summed E-state index contributed by atoms with van der Waals surface area (Å²) < 4.78 is 25.9. The summed E-state index contributed by atoms with van der Waals surface area (Å²) in [4.78, 5) is 12.9. The molecule has 1 rings (SSSR count). The Hall–Kier alpha value is -1.57. The van der Waals surface area contributed by atoms with E-state index in [1.165, 1.54) is 19.0 Å². The number of nitrogens with zero attached hydrogens (tertiary/aromatic N) is 2. The van der Waals surface area contributed by atoms with E-state index < -0.39 is 16.1 Å². The molecule has 7 nitrogen and oxygen atoms in total. The Labute approximate surface area is 94.4 Å². The van der Waals surface area contributed by atoms with Crippen molar-refractivity contribution in [3.8, 4) is 0 Å². The van der Waals surface area contributed by atoms with Gasteiger partial charge in [-0.2, -0.15) is 8.42 Å². The highest BCUT2D eigenvalue weighted by molar-refractivity contribution is 7.87. The lowest BCUT2D eigenvalue weighted by molar-refractivity contribution is -0.124. The summed E-state index contributed by atoms with van der Waals surface area (Å²) in [5.41, 5.74) is 0.0293. The van der Waals surface area contributed by atoms with Gasteiger partial charge < -0.3 is 4.90 Å². The molecule has 1 aliphatic heterocycles. The van der Waals surface area contributed by atoms with E-state index in [2.05, 4.69) is 4.72 Å². The molecule has 1 amide bonds. The summed E-state index contributed by atoms with van der Waals surface area (Å²) in [5, 5.41) is 7.67. The lowest BCUT2D eigenvalue weighted by Crippen LogP contribution is -2.49. The molecular weight excluding hydrogens is 232 g/mol. The molecule has 0 saturated heterocycles. The largest absolute Gasteiger partial charge is 0.345 e. The first-order chi connectivity index (χ1) is 7.31. The third-order valence-corrected chi connectivity index (χ3v) is 3.51. The van der Waals surface area contributed by atoms with E-state index in [-0.39, 0.29) is 18.0 Å². The Morgan fingerprint density at radius 3 is 2.56 bits per heavy atom. The van der Waals surface area contributed by atoms with Gasteiger partial charge in [0.1, 0.15) is 5.84 Å². The third kappa shape index (κ3) is 2.01. The number of amidine groups is 1. The van der Waals surface area contributed by atoms with E-state index >= 15 is 0 Å². The van der Waals surface area contributed by atoms with Crippen LogP contribution in [0.1, 0.15) is 6.92 Å². The van der Waals surface area contributed by atoms with Crippen molar-refractivity contribution in [2.45, 2.75) is 6.92 Å². The molecule has 0 atom stereocenters. The molecule has 0 unspecified atom stereocenters. The van der Waals surface area contributed by atoms with Crippen molar-refractivity contribution < 1.29 is 13.2 Å². The zero-order valence-electron chi connectivity index (χ0n) is 9.31. The van der Waals surface area contributed by atoms with E-state index in [0.717, 1.165) is 10.5 Å². The molecule has 0 aromatic rings. The molecule has 0 aromatic heterocycles. The molecule has 0 bridgehead atoms. The predicted molar refractivity (Wildman–Crippen MR) is 58.9 cm³/mol. The molecular formula is C8H14N4O3S. The molecule has 0 aliphatic carbocycles. The van der Waals surface area contributed by atoms with Crippen LogP contribution < -0.4 is 4.72 Å². The first-order valence-electron chi connectivity index (χ1n) is 4.62. The molecule has 2 N–H and O–H groups in total. The maximum absolute atomic E-state index is 11.6. The van der Waals surface area contributed by atoms with Crippen LogP contribution in [0.25, 0.3) is 0 Å². The summed E-state index contributed by atoms with van der Waals surface area (Å²) in [6.45, 7) is 1.70. The Morgan fingerprint density at radius 2 is 2.12 bits per heavy atom. The van der Waals surface area contributed by atoms with Gasteiger partial charge in [-0.3, -0.25) is 14.9 Å². The van der Waals surface area contributed by atoms with Crippen LogP contribution >= 0.6 is 0 Å². The van der Waals surface area contributed by atoms with E-state index in [1.807, 2.05) is 0 Å². The van der Waals surface area contributed by atoms with E-state index in [9.17, 15) is 13.2 Å². The Kier molecular flexibility index (Phi) is 3.22. The van der Waals surface area contributed by atoms with Crippen molar-refractivity contribution in [3.63, 3.8) is 0 Å². The van der Waals surface area contributed by atoms with Crippen LogP contribution in [0.5, 0.6) is 0 Å². The number of hydrogen-bond donors (Lipinski definition) is 2. The summed E-state index contributed by atoms with van der Waals surface area (Å²) >= 11 is 0. The monoisotopic (exact) mass is 246 g/mol. The quantitative estimate of drug-likeness (QED) is 0.661. The van der Waals surface area contributed by atoms with E-state index in [4.69, 9.17) is 5.41 Å². The highest BCUT2D eigenvalue weighted by Crippen LogP contribution is 2.13. The fourth-order valence-corrected chi connectivity index (χ4v) is 2.32. The zero-order valence-corrected chi connectivity index (χ0v) is 10.1. The Morgan fingerprint density at radius 1 is 1.56 bits per heavy atom. The normalized spacial score (nSPS) is 18.8. The fourth-order valence-electron chi connectivity index (χ4n) is 1.25. The SMILES string of the molecule is CCN1C(=N)C(C(=O)N(C)C)=CNS1(=O)=O. The third-order valence-electron chi connectivity index (χ3n) is 2.07. The van der Waals surface area contributed by atoms with Gasteiger partial charge in [-0.1, -0.05) is 0 Å². The van der Waals surface area contributed by atoms with Gasteiger partial charge in [0, 0.05) is 26.8 Å². The van der Waals surface area contributed by atoms with Crippen molar-refractivity contribution in [2.24, 2.45) is 0 Å². The van der Waals surface area contributed by atoms with E-state index in [0.29, 0.717) is 0 Å². The highest BCUT2D eigenvalue weighted by atomic mass is 32.2. The molecule has 0 spiro atoms. The van der Waals surface area contributed by atoms with Gasteiger partial charge in [0.05, 0.1) is 5.57 Å².